The third kappa shape index (κ3) is 1.98. The molecular weight excluding hydrogens is 230 g/mol. The predicted octanol–water partition coefficient (Wildman–Crippen LogP) is 1.91. The van der Waals surface area contributed by atoms with Crippen LogP contribution in [0.4, 0.5) is 0 Å². The monoisotopic (exact) mass is 247 g/mol. The number of carbonyl (C=O) groups excluding carboxylic acids is 1. The second-order valence-corrected chi connectivity index (χ2v) is 4.94. The number of amides is 1. The molecule has 2 rings (SSSR count). The van der Waals surface area contributed by atoms with Crippen molar-refractivity contribution < 1.29 is 14.7 Å². The largest absolute Gasteiger partial charge is 0.481 e. The SMILES string of the molecule is Cc1ccc(C2C(C(=O)O)CC(=O)N2C)cc1C. The fourth-order valence-corrected chi connectivity index (χ4v) is 2.50. The average molecular weight is 247 g/mol. The second-order valence-electron chi connectivity index (χ2n) is 4.94. The Bertz CT molecular complexity index is 510. The molecule has 0 bridgehead atoms. The Morgan fingerprint density at radius 3 is 2.56 bits per heavy atom. The highest BCUT2D eigenvalue weighted by Crippen LogP contribution is 2.37. The Morgan fingerprint density at radius 2 is 2.00 bits per heavy atom. The van der Waals surface area contributed by atoms with Crippen LogP contribution < -0.4 is 0 Å². The van der Waals surface area contributed by atoms with E-state index in [1.165, 1.54) is 0 Å². The van der Waals surface area contributed by atoms with E-state index in [2.05, 4.69) is 0 Å². The molecule has 1 saturated heterocycles. The second kappa shape index (κ2) is 4.44. The zero-order valence-electron chi connectivity index (χ0n) is 10.8. The number of carboxylic acid groups (broad SMARTS) is 1. The summed E-state index contributed by atoms with van der Waals surface area (Å²) in [6, 6.07) is 5.51. The first-order chi connectivity index (χ1) is 8.41. The van der Waals surface area contributed by atoms with Crippen LogP contribution in [-0.2, 0) is 9.59 Å². The number of hydrogen-bond donors (Lipinski definition) is 1. The van der Waals surface area contributed by atoms with Crippen molar-refractivity contribution in [2.45, 2.75) is 26.3 Å². The van der Waals surface area contributed by atoms with Gasteiger partial charge in [0.25, 0.3) is 0 Å². The lowest BCUT2D eigenvalue weighted by atomic mass is 9.92. The van der Waals surface area contributed by atoms with Gasteiger partial charge in [0, 0.05) is 13.5 Å². The quantitative estimate of drug-likeness (QED) is 0.868. The third-order valence-corrected chi connectivity index (χ3v) is 3.78. The van der Waals surface area contributed by atoms with Crippen molar-refractivity contribution in [3.8, 4) is 0 Å². The average Bonchev–Trinajstić information content (AvgIpc) is 2.60. The summed E-state index contributed by atoms with van der Waals surface area (Å²) >= 11 is 0. The zero-order valence-corrected chi connectivity index (χ0v) is 10.8. The minimum Gasteiger partial charge on any atom is -0.481 e. The van der Waals surface area contributed by atoms with E-state index in [9.17, 15) is 14.7 Å². The Morgan fingerprint density at radius 1 is 1.33 bits per heavy atom. The highest BCUT2D eigenvalue weighted by atomic mass is 16.4. The third-order valence-electron chi connectivity index (χ3n) is 3.78. The standard InChI is InChI=1S/C14H17NO3/c1-8-4-5-10(6-9(8)2)13-11(14(17)18)7-12(16)15(13)3/h4-6,11,13H,7H2,1-3H3,(H,17,18). The van der Waals surface area contributed by atoms with Gasteiger partial charge in [-0.25, -0.2) is 0 Å². The molecule has 1 aliphatic heterocycles. The van der Waals surface area contributed by atoms with Gasteiger partial charge in [-0.2, -0.15) is 0 Å². The summed E-state index contributed by atoms with van der Waals surface area (Å²) < 4.78 is 0. The molecule has 4 heteroatoms. The first-order valence-electron chi connectivity index (χ1n) is 5.97. The maximum Gasteiger partial charge on any atom is 0.309 e. The van der Waals surface area contributed by atoms with E-state index in [0.717, 1.165) is 16.7 Å². The highest BCUT2D eigenvalue weighted by Gasteiger charge is 2.42. The maximum atomic E-state index is 11.7. The van der Waals surface area contributed by atoms with E-state index >= 15 is 0 Å². The smallest absolute Gasteiger partial charge is 0.309 e. The van der Waals surface area contributed by atoms with Crippen LogP contribution in [0, 0.1) is 19.8 Å². The minimum absolute atomic E-state index is 0.0867. The molecule has 1 amide bonds. The molecule has 96 valence electrons. The molecule has 1 N–H and O–H groups in total. The van der Waals surface area contributed by atoms with Gasteiger partial charge in [0.1, 0.15) is 0 Å². The molecule has 0 aromatic heterocycles. The highest BCUT2D eigenvalue weighted by molar-refractivity contribution is 5.87. The van der Waals surface area contributed by atoms with Crippen molar-refractivity contribution >= 4 is 11.9 Å². The van der Waals surface area contributed by atoms with Gasteiger partial charge in [-0.05, 0) is 30.5 Å². The van der Waals surface area contributed by atoms with Crippen LogP contribution >= 0.6 is 0 Å². The van der Waals surface area contributed by atoms with Crippen LogP contribution in [0.15, 0.2) is 18.2 Å². The normalized spacial score (nSPS) is 23.5. The van der Waals surface area contributed by atoms with E-state index in [4.69, 9.17) is 0 Å². The lowest BCUT2D eigenvalue weighted by Gasteiger charge is -2.24. The van der Waals surface area contributed by atoms with Crippen LogP contribution in [0.25, 0.3) is 0 Å². The van der Waals surface area contributed by atoms with Gasteiger partial charge in [-0.15, -0.1) is 0 Å². The number of nitrogens with zero attached hydrogens (tertiary/aromatic N) is 1. The Labute approximate surface area is 106 Å². The molecule has 0 saturated carbocycles. The number of aliphatic carboxylic acids is 1. The van der Waals surface area contributed by atoms with Gasteiger partial charge in [-0.3, -0.25) is 9.59 Å². The maximum absolute atomic E-state index is 11.7. The van der Waals surface area contributed by atoms with Crippen LogP contribution in [0.3, 0.4) is 0 Å². The van der Waals surface area contributed by atoms with Gasteiger partial charge in [0.15, 0.2) is 0 Å². The lowest BCUT2D eigenvalue weighted by molar-refractivity contribution is -0.142. The van der Waals surface area contributed by atoms with Gasteiger partial charge in [-0.1, -0.05) is 18.2 Å². The lowest BCUT2D eigenvalue weighted by Crippen LogP contribution is -2.27. The number of likely N-dealkylation sites (tertiary alicyclic amines) is 1. The van der Waals surface area contributed by atoms with Gasteiger partial charge >= 0.3 is 5.97 Å². The van der Waals surface area contributed by atoms with Gasteiger partial charge in [0.2, 0.25) is 5.91 Å². The van der Waals surface area contributed by atoms with Crippen molar-refractivity contribution in [3.05, 3.63) is 34.9 Å². The molecule has 1 fully saturated rings. The number of rotatable bonds is 2. The van der Waals surface area contributed by atoms with Crippen molar-refractivity contribution in [2.75, 3.05) is 7.05 Å². The molecule has 2 unspecified atom stereocenters. The van der Waals surface area contributed by atoms with E-state index in [1.807, 2.05) is 32.0 Å². The fraction of sp³-hybridized carbons (Fsp3) is 0.429. The topological polar surface area (TPSA) is 57.6 Å². The van der Waals surface area contributed by atoms with E-state index in [0.29, 0.717) is 0 Å². The molecule has 1 aromatic rings. The molecule has 1 aliphatic rings. The van der Waals surface area contributed by atoms with E-state index in [-0.39, 0.29) is 18.4 Å². The zero-order chi connectivity index (χ0) is 13.4. The van der Waals surface area contributed by atoms with Crippen molar-refractivity contribution in [1.29, 1.82) is 0 Å². The predicted molar refractivity (Wildman–Crippen MR) is 67.2 cm³/mol. The Hall–Kier alpha value is -1.84. The molecule has 18 heavy (non-hydrogen) atoms. The summed E-state index contributed by atoms with van der Waals surface area (Å²) in [5, 5.41) is 9.23. The van der Waals surface area contributed by atoms with E-state index < -0.39 is 11.9 Å². The van der Waals surface area contributed by atoms with Gasteiger partial charge in [0.05, 0.1) is 12.0 Å². The van der Waals surface area contributed by atoms with Crippen molar-refractivity contribution in [3.63, 3.8) is 0 Å². The number of carbonyl (C=O) groups is 2. The van der Waals surface area contributed by atoms with Crippen LogP contribution in [0.5, 0.6) is 0 Å². The molecule has 1 aromatic carbocycles. The van der Waals surface area contributed by atoms with E-state index in [1.54, 1.807) is 11.9 Å². The minimum atomic E-state index is -0.907. The number of aryl methyl sites for hydroxylation is 2. The first kappa shape index (κ1) is 12.6. The summed E-state index contributed by atoms with van der Waals surface area (Å²) in [7, 11) is 1.67. The fourth-order valence-electron chi connectivity index (χ4n) is 2.50. The number of benzene rings is 1. The number of carboxylic acids is 1. The number of hydrogen-bond acceptors (Lipinski definition) is 2. The summed E-state index contributed by atoms with van der Waals surface area (Å²) in [4.78, 5) is 24.5. The summed E-state index contributed by atoms with van der Waals surface area (Å²) in [6.45, 7) is 4.00. The molecule has 4 nitrogen and oxygen atoms in total. The summed E-state index contributed by atoms with van der Waals surface area (Å²) in [5.41, 5.74) is 3.18. The molecule has 0 aliphatic carbocycles. The molecule has 2 atom stereocenters. The van der Waals surface area contributed by atoms with Crippen molar-refractivity contribution in [2.24, 2.45) is 5.92 Å². The molecular formula is C14H17NO3. The summed E-state index contributed by atoms with van der Waals surface area (Å²) in [5.74, 6) is -1.66. The molecule has 0 radical (unpaired) electrons. The summed E-state index contributed by atoms with van der Waals surface area (Å²) in [6.07, 6.45) is 0.0867. The molecule has 0 spiro atoms. The van der Waals surface area contributed by atoms with Crippen LogP contribution in [0.2, 0.25) is 0 Å². The van der Waals surface area contributed by atoms with Gasteiger partial charge < -0.3 is 10.0 Å². The van der Waals surface area contributed by atoms with Crippen LogP contribution in [-0.4, -0.2) is 28.9 Å². The van der Waals surface area contributed by atoms with Crippen LogP contribution in [0.1, 0.15) is 29.2 Å². The molecule has 1 heterocycles. The van der Waals surface area contributed by atoms with Crippen molar-refractivity contribution in [1.82, 2.24) is 4.90 Å². The first-order valence-corrected chi connectivity index (χ1v) is 5.97. The Balaban J connectivity index is 2.42. The Kier molecular flexibility index (Phi) is 3.11.